The third-order valence-electron chi connectivity index (χ3n) is 4.58. The molecular formula is C19H15BrF2N2O. The van der Waals surface area contributed by atoms with Gasteiger partial charge in [-0.2, -0.15) is 0 Å². The van der Waals surface area contributed by atoms with Crippen molar-refractivity contribution in [1.29, 1.82) is 0 Å². The summed E-state index contributed by atoms with van der Waals surface area (Å²) in [6, 6.07) is 7.69. The van der Waals surface area contributed by atoms with Crippen molar-refractivity contribution in [1.82, 2.24) is 4.98 Å². The molecule has 1 N–H and O–H groups in total. The van der Waals surface area contributed by atoms with Crippen LogP contribution in [0.4, 0.5) is 14.5 Å². The number of carbonyl (C=O) groups excluding carboxylic acids is 1. The van der Waals surface area contributed by atoms with Gasteiger partial charge in [-0.05, 0) is 54.3 Å². The number of aromatic nitrogens is 1. The number of carbonyl (C=O) groups is 1. The minimum absolute atomic E-state index is 0.139. The van der Waals surface area contributed by atoms with E-state index in [0.29, 0.717) is 22.2 Å². The lowest BCUT2D eigenvalue weighted by Gasteiger charge is -2.30. The van der Waals surface area contributed by atoms with Crippen molar-refractivity contribution in [3.63, 3.8) is 0 Å². The van der Waals surface area contributed by atoms with E-state index in [0.717, 1.165) is 29.4 Å². The Balaban J connectivity index is 1.66. The molecule has 2 aromatic carbocycles. The number of aryl methyl sites for hydroxylation is 1. The van der Waals surface area contributed by atoms with E-state index >= 15 is 0 Å². The zero-order valence-electron chi connectivity index (χ0n) is 13.3. The number of rotatable bonds is 2. The number of hydrogen-bond donors (Lipinski definition) is 1. The Morgan fingerprint density at radius 2 is 2.08 bits per heavy atom. The molecule has 0 bridgehead atoms. The van der Waals surface area contributed by atoms with Gasteiger partial charge >= 0.3 is 0 Å². The first kappa shape index (κ1) is 16.3. The van der Waals surface area contributed by atoms with Crippen LogP contribution in [0.2, 0.25) is 0 Å². The predicted molar refractivity (Wildman–Crippen MR) is 96.7 cm³/mol. The number of aromatic amines is 1. The lowest BCUT2D eigenvalue weighted by atomic mass is 10.00. The summed E-state index contributed by atoms with van der Waals surface area (Å²) in [5.41, 5.74) is 2.65. The summed E-state index contributed by atoms with van der Waals surface area (Å²) in [7, 11) is 0. The molecule has 6 heteroatoms. The first-order valence-corrected chi connectivity index (χ1v) is 8.86. The summed E-state index contributed by atoms with van der Waals surface area (Å²) in [4.78, 5) is 17.4. The van der Waals surface area contributed by atoms with Crippen LogP contribution in [0.5, 0.6) is 0 Å². The van der Waals surface area contributed by atoms with E-state index in [2.05, 4.69) is 20.9 Å². The van der Waals surface area contributed by atoms with Crippen LogP contribution in [0.15, 0.2) is 41.0 Å². The number of anilines is 1. The topological polar surface area (TPSA) is 36.1 Å². The molecule has 2 heterocycles. The van der Waals surface area contributed by atoms with Crippen LogP contribution in [0, 0.1) is 11.6 Å². The smallest absolute Gasteiger partial charge is 0.231 e. The number of H-pyrrole nitrogens is 1. The van der Waals surface area contributed by atoms with Gasteiger partial charge in [0.15, 0.2) is 0 Å². The number of amides is 1. The van der Waals surface area contributed by atoms with E-state index in [4.69, 9.17) is 0 Å². The van der Waals surface area contributed by atoms with Crippen molar-refractivity contribution in [2.75, 3.05) is 11.4 Å². The molecule has 25 heavy (non-hydrogen) atoms. The predicted octanol–water partition coefficient (Wildman–Crippen LogP) is 4.73. The van der Waals surface area contributed by atoms with Gasteiger partial charge in [0.2, 0.25) is 5.91 Å². The Kier molecular flexibility index (Phi) is 4.07. The molecule has 0 unspecified atom stereocenters. The Morgan fingerprint density at radius 1 is 1.24 bits per heavy atom. The van der Waals surface area contributed by atoms with E-state index in [-0.39, 0.29) is 18.1 Å². The van der Waals surface area contributed by atoms with Crippen LogP contribution in [0.3, 0.4) is 0 Å². The number of hydrogen-bond acceptors (Lipinski definition) is 1. The third kappa shape index (κ3) is 2.95. The third-order valence-corrected chi connectivity index (χ3v) is 5.03. The molecule has 128 valence electrons. The Bertz CT molecular complexity index is 983. The standard InChI is InChI=1S/C19H15BrF2N2O/c20-13-6-11-2-1-5-24(19(11)16(22)8-13)18(25)7-12-10-23-17-9-14(21)3-4-15(12)17/h3-4,6,8-10,23H,1-2,5,7H2. The van der Waals surface area contributed by atoms with Gasteiger partial charge in [-0.3, -0.25) is 4.79 Å². The van der Waals surface area contributed by atoms with Gasteiger partial charge < -0.3 is 9.88 Å². The van der Waals surface area contributed by atoms with Crippen molar-refractivity contribution in [3.8, 4) is 0 Å². The maximum absolute atomic E-state index is 14.4. The monoisotopic (exact) mass is 404 g/mol. The number of benzene rings is 2. The van der Waals surface area contributed by atoms with E-state index in [1.54, 1.807) is 12.3 Å². The summed E-state index contributed by atoms with van der Waals surface area (Å²) in [6.07, 6.45) is 3.40. The summed E-state index contributed by atoms with van der Waals surface area (Å²) in [5.74, 6) is -0.879. The molecule has 1 aromatic heterocycles. The molecule has 0 saturated carbocycles. The van der Waals surface area contributed by atoms with Gasteiger partial charge in [-0.1, -0.05) is 15.9 Å². The highest BCUT2D eigenvalue weighted by Gasteiger charge is 2.26. The summed E-state index contributed by atoms with van der Waals surface area (Å²) in [5, 5.41) is 0.809. The summed E-state index contributed by atoms with van der Waals surface area (Å²) >= 11 is 3.30. The molecule has 1 amide bonds. The van der Waals surface area contributed by atoms with Gasteiger partial charge in [0.25, 0.3) is 0 Å². The fourth-order valence-corrected chi connectivity index (χ4v) is 3.94. The Morgan fingerprint density at radius 3 is 2.92 bits per heavy atom. The SMILES string of the molecule is O=C(Cc1c[nH]c2cc(F)ccc12)N1CCCc2cc(Br)cc(F)c21. The summed E-state index contributed by atoms with van der Waals surface area (Å²) < 4.78 is 28.4. The normalized spacial score (nSPS) is 14.0. The van der Waals surface area contributed by atoms with E-state index < -0.39 is 5.82 Å². The highest BCUT2D eigenvalue weighted by molar-refractivity contribution is 9.10. The molecule has 0 fully saturated rings. The van der Waals surface area contributed by atoms with E-state index in [9.17, 15) is 13.6 Å². The first-order chi connectivity index (χ1) is 12.0. The van der Waals surface area contributed by atoms with Gasteiger partial charge in [-0.25, -0.2) is 8.78 Å². The van der Waals surface area contributed by atoms with Gasteiger partial charge in [-0.15, -0.1) is 0 Å². The van der Waals surface area contributed by atoms with Crippen LogP contribution >= 0.6 is 15.9 Å². The Labute approximate surface area is 151 Å². The van der Waals surface area contributed by atoms with Gasteiger partial charge in [0, 0.05) is 28.1 Å². The van der Waals surface area contributed by atoms with Crippen molar-refractivity contribution in [2.45, 2.75) is 19.3 Å². The number of nitrogens with zero attached hydrogens (tertiary/aromatic N) is 1. The van der Waals surface area contributed by atoms with Crippen LogP contribution in [0.25, 0.3) is 10.9 Å². The highest BCUT2D eigenvalue weighted by atomic mass is 79.9. The number of halogens is 3. The molecule has 3 nitrogen and oxygen atoms in total. The number of fused-ring (bicyclic) bond motifs is 2. The molecule has 0 radical (unpaired) electrons. The lowest BCUT2D eigenvalue weighted by Crippen LogP contribution is -2.37. The van der Waals surface area contributed by atoms with Crippen LogP contribution in [-0.2, 0) is 17.6 Å². The average molecular weight is 405 g/mol. The fourth-order valence-electron chi connectivity index (χ4n) is 3.46. The maximum atomic E-state index is 14.4. The molecule has 0 spiro atoms. The highest BCUT2D eigenvalue weighted by Crippen LogP contribution is 2.33. The van der Waals surface area contributed by atoms with Crippen molar-refractivity contribution < 1.29 is 13.6 Å². The van der Waals surface area contributed by atoms with Gasteiger partial charge in [0.1, 0.15) is 11.6 Å². The molecule has 4 rings (SSSR count). The second kappa shape index (κ2) is 6.26. The van der Waals surface area contributed by atoms with Crippen LogP contribution in [0.1, 0.15) is 17.5 Å². The first-order valence-electron chi connectivity index (χ1n) is 8.07. The van der Waals surface area contributed by atoms with Crippen LogP contribution in [-0.4, -0.2) is 17.4 Å². The lowest BCUT2D eigenvalue weighted by molar-refractivity contribution is -0.118. The van der Waals surface area contributed by atoms with Gasteiger partial charge in [0.05, 0.1) is 12.1 Å². The quantitative estimate of drug-likeness (QED) is 0.658. The van der Waals surface area contributed by atoms with E-state index in [1.807, 2.05) is 6.07 Å². The molecule has 0 saturated heterocycles. The Hall–Kier alpha value is -2.21. The van der Waals surface area contributed by atoms with Crippen molar-refractivity contribution >= 4 is 38.4 Å². The second-order valence-electron chi connectivity index (χ2n) is 6.22. The largest absolute Gasteiger partial charge is 0.361 e. The second-order valence-corrected chi connectivity index (χ2v) is 7.14. The molecular weight excluding hydrogens is 390 g/mol. The molecule has 0 aliphatic carbocycles. The average Bonchev–Trinajstić information content (AvgIpc) is 2.95. The minimum Gasteiger partial charge on any atom is -0.361 e. The van der Waals surface area contributed by atoms with Crippen molar-refractivity contribution in [2.24, 2.45) is 0 Å². The zero-order chi connectivity index (χ0) is 17.6. The minimum atomic E-state index is -0.390. The zero-order valence-corrected chi connectivity index (χ0v) is 14.9. The van der Waals surface area contributed by atoms with Crippen LogP contribution < -0.4 is 4.90 Å². The van der Waals surface area contributed by atoms with Crippen molar-refractivity contribution in [3.05, 3.63) is 63.8 Å². The molecule has 0 atom stereocenters. The molecule has 1 aliphatic heterocycles. The maximum Gasteiger partial charge on any atom is 0.231 e. The molecule has 3 aromatic rings. The fraction of sp³-hybridized carbons (Fsp3) is 0.211. The number of nitrogens with one attached hydrogen (secondary N) is 1. The summed E-state index contributed by atoms with van der Waals surface area (Å²) in [6.45, 7) is 0.501. The van der Waals surface area contributed by atoms with E-state index in [1.165, 1.54) is 23.1 Å². The molecule has 1 aliphatic rings.